The van der Waals surface area contributed by atoms with Gasteiger partial charge in [0.25, 0.3) is 0 Å². The Hall–Kier alpha value is -8.55. The summed E-state index contributed by atoms with van der Waals surface area (Å²) in [6.07, 6.45) is 0. The Bertz CT molecular complexity index is 3860. The highest BCUT2D eigenvalue weighted by atomic mass is 32.1. The van der Waals surface area contributed by atoms with Gasteiger partial charge in [-0.05, 0) is 80.4 Å². The predicted octanol–water partition coefficient (Wildman–Crippen LogP) is 13.4. The summed E-state index contributed by atoms with van der Waals surface area (Å²) in [5.41, 5.74) is 8.44. The number of fused-ring (bicyclic) bond motifs is 6. The monoisotopic (exact) mass is 914 g/mol. The summed E-state index contributed by atoms with van der Waals surface area (Å²) in [7, 11) is -2.86. The van der Waals surface area contributed by atoms with E-state index < -0.39 is 8.07 Å². The first-order valence-corrected chi connectivity index (χ1v) is 26.2. The molecule has 0 radical (unpaired) electrons. The minimum absolute atomic E-state index is 0.612. The van der Waals surface area contributed by atoms with Gasteiger partial charge in [0, 0.05) is 53.3 Å². The summed E-state index contributed by atoms with van der Waals surface area (Å²) < 4.78 is 4.87. The summed E-state index contributed by atoms with van der Waals surface area (Å²) in [5.74, 6) is 1.85. The van der Waals surface area contributed by atoms with Gasteiger partial charge in [0.15, 0.2) is 25.5 Å². The second-order valence-electron chi connectivity index (χ2n) is 17.5. The van der Waals surface area contributed by atoms with Gasteiger partial charge in [-0.3, -0.25) is 0 Å². The van der Waals surface area contributed by atoms with Gasteiger partial charge in [0.1, 0.15) is 0 Å². The first-order chi connectivity index (χ1) is 34.2. The van der Waals surface area contributed by atoms with Gasteiger partial charge in [-0.2, -0.15) is 0 Å². The van der Waals surface area contributed by atoms with E-state index in [0.717, 1.165) is 33.5 Å². The molecule has 0 aliphatic heterocycles. The molecule has 0 atom stereocenters. The van der Waals surface area contributed by atoms with Crippen LogP contribution < -0.4 is 20.7 Å². The maximum Gasteiger partial charge on any atom is 0.179 e. The molecule has 10 aromatic carbocycles. The Kier molecular flexibility index (Phi) is 10.00. The average molecular weight is 915 g/mol. The third-order valence-electron chi connectivity index (χ3n) is 13.6. The van der Waals surface area contributed by atoms with Crippen molar-refractivity contribution >= 4 is 82.1 Å². The van der Waals surface area contributed by atoms with Gasteiger partial charge >= 0.3 is 0 Å². The minimum Gasteiger partial charge on any atom is -0.309 e. The largest absolute Gasteiger partial charge is 0.309 e. The van der Waals surface area contributed by atoms with E-state index >= 15 is 0 Å². The second kappa shape index (κ2) is 17.0. The summed E-state index contributed by atoms with van der Waals surface area (Å²) >= 11 is 1.83. The maximum atomic E-state index is 5.48. The molecule has 0 N–H and O–H groups in total. The smallest absolute Gasteiger partial charge is 0.179 e. The highest BCUT2D eigenvalue weighted by Gasteiger charge is 2.41. The predicted molar refractivity (Wildman–Crippen MR) is 292 cm³/mol. The van der Waals surface area contributed by atoms with Crippen molar-refractivity contribution in [1.29, 1.82) is 0 Å². The van der Waals surface area contributed by atoms with E-state index in [0.29, 0.717) is 17.5 Å². The number of nitrogens with zero attached hydrogens (tertiary/aromatic N) is 4. The Balaban J connectivity index is 1.03. The van der Waals surface area contributed by atoms with Gasteiger partial charge in [0.05, 0.1) is 11.0 Å². The normalized spacial score (nSPS) is 11.8. The van der Waals surface area contributed by atoms with Crippen LogP contribution in [-0.4, -0.2) is 27.6 Å². The van der Waals surface area contributed by atoms with Crippen LogP contribution in [0, 0.1) is 0 Å². The van der Waals surface area contributed by atoms with Gasteiger partial charge in [-0.25, -0.2) is 15.0 Å². The molecular weight excluding hydrogens is 873 g/mol. The fourth-order valence-corrected chi connectivity index (χ4v) is 16.5. The van der Waals surface area contributed by atoms with Crippen molar-refractivity contribution in [3.05, 3.63) is 255 Å². The molecule has 13 aromatic rings. The Labute approximate surface area is 405 Å². The zero-order valence-electron chi connectivity index (χ0n) is 37.4. The first kappa shape index (κ1) is 40.7. The lowest BCUT2D eigenvalue weighted by Crippen LogP contribution is -2.74. The fraction of sp³-hybridized carbons (Fsp3) is 0. The minimum atomic E-state index is -2.86. The van der Waals surface area contributed by atoms with Crippen LogP contribution in [0.2, 0.25) is 0 Å². The van der Waals surface area contributed by atoms with E-state index in [2.05, 4.69) is 259 Å². The molecule has 0 fully saturated rings. The van der Waals surface area contributed by atoms with Gasteiger partial charge in [-0.1, -0.05) is 206 Å². The summed E-state index contributed by atoms with van der Waals surface area (Å²) in [6, 6.07) is 92.0. The maximum absolute atomic E-state index is 5.48. The van der Waals surface area contributed by atoms with E-state index in [4.69, 9.17) is 15.0 Å². The number of hydrogen-bond donors (Lipinski definition) is 0. The van der Waals surface area contributed by atoms with Gasteiger partial charge in [-0.15, -0.1) is 11.3 Å². The highest BCUT2D eigenvalue weighted by Crippen LogP contribution is 2.43. The molecule has 324 valence electrons. The van der Waals surface area contributed by atoms with Crippen molar-refractivity contribution < 1.29 is 0 Å². The lowest BCUT2D eigenvalue weighted by molar-refractivity contribution is 1.07. The summed E-state index contributed by atoms with van der Waals surface area (Å²) in [5, 5.41) is 10.1. The van der Waals surface area contributed by atoms with Gasteiger partial charge in [0.2, 0.25) is 0 Å². The number of aromatic nitrogens is 4. The van der Waals surface area contributed by atoms with Crippen LogP contribution in [-0.2, 0) is 0 Å². The quantitative estimate of drug-likeness (QED) is 0.107. The molecule has 4 nitrogen and oxygen atoms in total. The molecule has 0 aliphatic carbocycles. The molecule has 0 unspecified atom stereocenters. The SMILES string of the molecule is c1ccc([Si](c2ccccc2)(c2ccccc2)c2cccc(-c3nc(-c4ccc(-n5c6ccccc6c6ccccc65)cc4)nc(-c4ccccc4-c4cccc5sc6ccccc6c45)n3)c2)cc1. The molecule has 0 saturated heterocycles. The fourth-order valence-electron chi connectivity index (χ4n) is 10.6. The number of hydrogen-bond acceptors (Lipinski definition) is 4. The topological polar surface area (TPSA) is 43.6 Å². The number of benzene rings is 10. The standard InChI is InChI=1S/C63H42N4SSi/c1-4-21-46(22-5-1)69(47-23-6-2-7-24-47,48-25-8-3-9-26-48)49-27-18-20-44(42-49)62-64-61(43-38-40-45(41-39-43)67-56-34-15-12-29-51(56)52-30-13-16-35-57(52)67)65-63(66-62)54-31-11-10-28-50(54)53-33-19-37-59-60(53)55-32-14-17-36-58(55)68-59/h1-42H. The molecule has 0 bridgehead atoms. The Morgan fingerprint density at radius 3 is 1.42 bits per heavy atom. The average Bonchev–Trinajstić information content (AvgIpc) is 3.98. The molecular formula is C63H42N4SSi. The Morgan fingerprint density at radius 2 is 0.783 bits per heavy atom. The van der Waals surface area contributed by atoms with Crippen molar-refractivity contribution in [3.63, 3.8) is 0 Å². The number of thiophene rings is 1. The van der Waals surface area contributed by atoms with Crippen molar-refractivity contribution in [3.8, 4) is 51.0 Å². The summed E-state index contributed by atoms with van der Waals surface area (Å²) in [6.45, 7) is 0. The molecule has 0 saturated carbocycles. The molecule has 0 spiro atoms. The number of para-hydroxylation sites is 2. The van der Waals surface area contributed by atoms with Crippen LogP contribution in [0.4, 0.5) is 0 Å². The van der Waals surface area contributed by atoms with Crippen LogP contribution in [0.1, 0.15) is 0 Å². The van der Waals surface area contributed by atoms with Crippen molar-refractivity contribution in [2.24, 2.45) is 0 Å². The third-order valence-corrected chi connectivity index (χ3v) is 19.5. The zero-order valence-corrected chi connectivity index (χ0v) is 39.3. The van der Waals surface area contributed by atoms with Crippen LogP contribution >= 0.6 is 11.3 Å². The van der Waals surface area contributed by atoms with Crippen LogP contribution in [0.15, 0.2) is 255 Å². The molecule has 6 heteroatoms. The lowest BCUT2D eigenvalue weighted by Gasteiger charge is -2.34. The molecule has 3 heterocycles. The Morgan fingerprint density at radius 1 is 0.319 bits per heavy atom. The molecule has 13 rings (SSSR count). The highest BCUT2D eigenvalue weighted by molar-refractivity contribution is 7.26. The van der Waals surface area contributed by atoms with E-state index in [1.165, 1.54) is 62.7 Å². The first-order valence-electron chi connectivity index (χ1n) is 23.3. The third kappa shape index (κ3) is 6.83. The lowest BCUT2D eigenvalue weighted by atomic mass is 9.95. The zero-order chi connectivity index (χ0) is 45.7. The van der Waals surface area contributed by atoms with Crippen LogP contribution in [0.3, 0.4) is 0 Å². The molecule has 69 heavy (non-hydrogen) atoms. The van der Waals surface area contributed by atoms with Crippen molar-refractivity contribution in [2.75, 3.05) is 0 Å². The van der Waals surface area contributed by atoms with Gasteiger partial charge < -0.3 is 4.57 Å². The van der Waals surface area contributed by atoms with Crippen molar-refractivity contribution in [1.82, 2.24) is 19.5 Å². The molecule has 0 aliphatic rings. The van der Waals surface area contributed by atoms with Crippen LogP contribution in [0.5, 0.6) is 0 Å². The molecule has 3 aromatic heterocycles. The van der Waals surface area contributed by atoms with Crippen LogP contribution in [0.25, 0.3) is 93.0 Å². The number of rotatable bonds is 9. The molecule has 0 amide bonds. The van der Waals surface area contributed by atoms with E-state index in [1.54, 1.807) is 0 Å². The second-order valence-corrected chi connectivity index (χ2v) is 22.4. The van der Waals surface area contributed by atoms with E-state index in [-0.39, 0.29) is 0 Å². The summed E-state index contributed by atoms with van der Waals surface area (Å²) in [4.78, 5) is 16.3. The van der Waals surface area contributed by atoms with E-state index in [9.17, 15) is 0 Å². The van der Waals surface area contributed by atoms with Crippen molar-refractivity contribution in [2.45, 2.75) is 0 Å². The van der Waals surface area contributed by atoms with E-state index in [1.807, 2.05) is 11.3 Å².